The van der Waals surface area contributed by atoms with Gasteiger partial charge < -0.3 is 14.8 Å². The van der Waals surface area contributed by atoms with Gasteiger partial charge in [0.2, 0.25) is 0 Å². The second-order valence-electron chi connectivity index (χ2n) is 7.31. The third-order valence-corrected chi connectivity index (χ3v) is 4.78. The van der Waals surface area contributed by atoms with Gasteiger partial charge in [0, 0.05) is 25.3 Å². The molecule has 0 radical (unpaired) electrons. The Morgan fingerprint density at radius 1 is 1.36 bits per heavy atom. The number of hydrogen-bond acceptors (Lipinski definition) is 3. The fraction of sp³-hybridized carbons (Fsp3) is 0.600. The van der Waals surface area contributed by atoms with Gasteiger partial charge in [-0.1, -0.05) is 11.6 Å². The lowest BCUT2D eigenvalue weighted by Gasteiger charge is -2.20. The van der Waals surface area contributed by atoms with Crippen molar-refractivity contribution in [1.82, 2.24) is 14.8 Å². The molecule has 1 aromatic rings. The van der Waals surface area contributed by atoms with Crippen LogP contribution in [-0.4, -0.2) is 42.6 Å². The Balaban J connectivity index is 2.07. The van der Waals surface area contributed by atoms with E-state index >= 15 is 0 Å². The summed E-state index contributed by atoms with van der Waals surface area (Å²) >= 11 is 0. The molecule has 0 fully saturated rings. The third-order valence-electron chi connectivity index (χ3n) is 4.78. The minimum atomic E-state index is -0.259. The average Bonchev–Trinajstić information content (AvgIpc) is 2.55. The number of rotatable bonds is 7. The van der Waals surface area contributed by atoms with E-state index in [-0.39, 0.29) is 23.1 Å². The van der Waals surface area contributed by atoms with Crippen LogP contribution in [0.25, 0.3) is 0 Å². The first-order valence-electron chi connectivity index (χ1n) is 9.22. The largest absolute Gasteiger partial charge is 0.352 e. The van der Waals surface area contributed by atoms with Gasteiger partial charge in [0.1, 0.15) is 5.56 Å². The van der Waals surface area contributed by atoms with Crippen LogP contribution in [0.3, 0.4) is 0 Å². The van der Waals surface area contributed by atoms with E-state index in [9.17, 15) is 9.59 Å². The van der Waals surface area contributed by atoms with Gasteiger partial charge in [-0.2, -0.15) is 0 Å². The number of carbonyl (C=O) groups is 1. The van der Waals surface area contributed by atoms with Crippen molar-refractivity contribution < 1.29 is 4.79 Å². The molecule has 2 rings (SSSR count). The topological polar surface area (TPSA) is 54.3 Å². The number of nitrogens with one attached hydrogen (secondary N) is 1. The Bertz CT molecular complexity index is 689. The zero-order chi connectivity index (χ0) is 18.4. The summed E-state index contributed by atoms with van der Waals surface area (Å²) in [6.07, 6.45) is 9.75. The van der Waals surface area contributed by atoms with Crippen LogP contribution in [-0.2, 0) is 0 Å². The maximum atomic E-state index is 12.8. The molecule has 0 spiro atoms. The van der Waals surface area contributed by atoms with Gasteiger partial charge in [0.15, 0.2) is 0 Å². The van der Waals surface area contributed by atoms with Gasteiger partial charge in [-0.3, -0.25) is 9.59 Å². The number of aryl methyl sites for hydroxylation is 1. The van der Waals surface area contributed by atoms with E-state index in [2.05, 4.69) is 11.4 Å². The van der Waals surface area contributed by atoms with Crippen molar-refractivity contribution in [1.29, 1.82) is 0 Å². The van der Waals surface area contributed by atoms with Gasteiger partial charge >= 0.3 is 0 Å². The molecule has 1 heterocycles. The second kappa shape index (κ2) is 8.99. The summed E-state index contributed by atoms with van der Waals surface area (Å²) in [6, 6.07) is 1.87. The predicted molar refractivity (Wildman–Crippen MR) is 102 cm³/mol. The number of amides is 1. The maximum Gasteiger partial charge on any atom is 0.263 e. The Morgan fingerprint density at radius 2 is 2.12 bits per heavy atom. The number of aromatic nitrogens is 1. The number of allylic oxidation sites excluding steroid dienone is 1. The number of pyridine rings is 1. The van der Waals surface area contributed by atoms with Crippen molar-refractivity contribution in [2.45, 2.75) is 52.0 Å². The highest BCUT2D eigenvalue weighted by atomic mass is 16.2. The smallest absolute Gasteiger partial charge is 0.263 e. The monoisotopic (exact) mass is 345 g/mol. The highest BCUT2D eigenvalue weighted by Gasteiger charge is 2.18. The Kier molecular flexibility index (Phi) is 7.00. The van der Waals surface area contributed by atoms with Gasteiger partial charge in [-0.05, 0) is 71.7 Å². The van der Waals surface area contributed by atoms with Crippen molar-refractivity contribution in [3.8, 4) is 0 Å². The van der Waals surface area contributed by atoms with Crippen LogP contribution in [0.15, 0.2) is 28.7 Å². The van der Waals surface area contributed by atoms with E-state index in [1.807, 2.05) is 38.9 Å². The minimum Gasteiger partial charge on any atom is -0.352 e. The zero-order valence-electron chi connectivity index (χ0n) is 16.0. The van der Waals surface area contributed by atoms with E-state index < -0.39 is 0 Å². The molecule has 1 unspecified atom stereocenters. The molecule has 5 nitrogen and oxygen atoms in total. The van der Waals surface area contributed by atoms with Gasteiger partial charge in [0.25, 0.3) is 11.5 Å². The lowest BCUT2D eigenvalue weighted by molar-refractivity contribution is 0.0951. The summed E-state index contributed by atoms with van der Waals surface area (Å²) in [5, 5.41) is 2.93. The molecule has 0 saturated heterocycles. The van der Waals surface area contributed by atoms with Crippen LogP contribution in [0.2, 0.25) is 0 Å². The molecule has 1 N–H and O–H groups in total. The quantitative estimate of drug-likeness (QED) is 0.773. The van der Waals surface area contributed by atoms with Crippen molar-refractivity contribution in [3.63, 3.8) is 0 Å². The fourth-order valence-electron chi connectivity index (χ4n) is 3.44. The van der Waals surface area contributed by atoms with Crippen LogP contribution in [0.4, 0.5) is 0 Å². The number of nitrogens with zero attached hydrogens (tertiary/aromatic N) is 2. The van der Waals surface area contributed by atoms with Gasteiger partial charge in [0.05, 0.1) is 0 Å². The van der Waals surface area contributed by atoms with E-state index in [1.54, 1.807) is 10.8 Å². The SMILES string of the molecule is Cc1ccn(C(C)CN(C)C)c(=O)c1C(=O)NCCC1=CCCCC1. The maximum absolute atomic E-state index is 12.8. The molecule has 1 atom stereocenters. The van der Waals surface area contributed by atoms with E-state index in [0.29, 0.717) is 6.54 Å². The summed E-state index contributed by atoms with van der Waals surface area (Å²) in [4.78, 5) is 27.4. The van der Waals surface area contributed by atoms with Crippen molar-refractivity contribution in [2.75, 3.05) is 27.2 Å². The number of carbonyl (C=O) groups excluding carboxylic acids is 1. The summed E-state index contributed by atoms with van der Waals surface area (Å²) in [5.41, 5.74) is 2.22. The highest BCUT2D eigenvalue weighted by molar-refractivity contribution is 5.95. The molecule has 0 saturated carbocycles. The van der Waals surface area contributed by atoms with Gasteiger partial charge in [-0.15, -0.1) is 0 Å². The van der Waals surface area contributed by atoms with Crippen LogP contribution in [0.1, 0.15) is 61.0 Å². The van der Waals surface area contributed by atoms with E-state index in [0.717, 1.165) is 31.4 Å². The summed E-state index contributed by atoms with van der Waals surface area (Å²) in [7, 11) is 3.95. The molecule has 0 bridgehead atoms. The van der Waals surface area contributed by atoms with Crippen molar-refractivity contribution in [3.05, 3.63) is 45.4 Å². The molecule has 1 amide bonds. The molecule has 1 aliphatic rings. The van der Waals surface area contributed by atoms with Crippen LogP contribution < -0.4 is 10.9 Å². The summed E-state index contributed by atoms with van der Waals surface area (Å²) in [6.45, 7) is 5.15. The Morgan fingerprint density at radius 3 is 2.76 bits per heavy atom. The lowest BCUT2D eigenvalue weighted by atomic mass is 9.97. The van der Waals surface area contributed by atoms with Crippen LogP contribution >= 0.6 is 0 Å². The summed E-state index contributed by atoms with van der Waals surface area (Å²) < 4.78 is 1.66. The number of likely N-dealkylation sites (N-methyl/N-ethyl adjacent to an activating group) is 1. The predicted octanol–water partition coefficient (Wildman–Crippen LogP) is 2.90. The molecular formula is C20H31N3O2. The highest BCUT2D eigenvalue weighted by Crippen LogP contribution is 2.19. The Hall–Kier alpha value is -1.88. The minimum absolute atomic E-state index is 0.0158. The second-order valence-corrected chi connectivity index (χ2v) is 7.31. The molecule has 1 aliphatic carbocycles. The van der Waals surface area contributed by atoms with E-state index in [1.165, 1.54) is 18.4 Å². The first-order chi connectivity index (χ1) is 11.9. The first-order valence-corrected chi connectivity index (χ1v) is 9.22. The zero-order valence-corrected chi connectivity index (χ0v) is 16.0. The lowest BCUT2D eigenvalue weighted by Crippen LogP contribution is -2.37. The van der Waals surface area contributed by atoms with Gasteiger partial charge in [-0.25, -0.2) is 0 Å². The van der Waals surface area contributed by atoms with Crippen LogP contribution in [0.5, 0.6) is 0 Å². The normalized spacial score (nSPS) is 15.8. The fourth-order valence-corrected chi connectivity index (χ4v) is 3.44. The molecule has 138 valence electrons. The number of hydrogen-bond donors (Lipinski definition) is 1. The molecular weight excluding hydrogens is 314 g/mol. The molecule has 1 aromatic heterocycles. The Labute approximate surface area is 150 Å². The average molecular weight is 345 g/mol. The molecule has 0 aromatic carbocycles. The van der Waals surface area contributed by atoms with Crippen molar-refractivity contribution >= 4 is 5.91 Å². The van der Waals surface area contributed by atoms with E-state index in [4.69, 9.17) is 0 Å². The van der Waals surface area contributed by atoms with Crippen LogP contribution in [0, 0.1) is 6.92 Å². The standard InChI is InChI=1S/C20H31N3O2/c1-15-11-13-23(16(2)14-22(3)4)20(25)18(15)19(24)21-12-10-17-8-6-5-7-9-17/h8,11,13,16H,5-7,9-10,12,14H2,1-4H3,(H,21,24). The molecule has 25 heavy (non-hydrogen) atoms. The molecule has 0 aliphatic heterocycles. The van der Waals surface area contributed by atoms with Crippen molar-refractivity contribution in [2.24, 2.45) is 0 Å². The summed E-state index contributed by atoms with van der Waals surface area (Å²) in [5.74, 6) is -0.259. The molecule has 5 heteroatoms. The first kappa shape index (κ1) is 19.4. The third kappa shape index (κ3) is 5.30.